The highest BCUT2D eigenvalue weighted by Gasteiger charge is 2.73. The van der Waals surface area contributed by atoms with E-state index in [1.807, 2.05) is 33.8 Å². The Morgan fingerprint density at radius 3 is 2.48 bits per heavy atom. The number of Topliss-reactive ketones (excluding diaryl/α,β-unsaturated/α-hetero) is 2. The summed E-state index contributed by atoms with van der Waals surface area (Å²) in [7, 11) is 1.47. The number of fused-ring (bicyclic) bond motifs is 2. The summed E-state index contributed by atoms with van der Waals surface area (Å²) in [6.07, 6.45) is 0.939. The molecule has 3 aliphatic carbocycles. The Labute approximate surface area is 159 Å². The molecule has 0 aromatic carbocycles. The van der Waals surface area contributed by atoms with E-state index in [2.05, 4.69) is 0 Å². The molecule has 148 valence electrons. The number of aliphatic hydroxyl groups excluding tert-OH is 1. The number of hydrogen-bond acceptors (Lipinski definition) is 6. The van der Waals surface area contributed by atoms with E-state index in [0.717, 1.165) is 0 Å². The van der Waals surface area contributed by atoms with E-state index in [9.17, 15) is 19.5 Å². The van der Waals surface area contributed by atoms with Crippen molar-refractivity contribution >= 4 is 17.5 Å². The highest BCUT2D eigenvalue weighted by atomic mass is 16.5. The van der Waals surface area contributed by atoms with Crippen LogP contribution in [-0.2, 0) is 23.9 Å². The Kier molecular flexibility index (Phi) is 3.91. The van der Waals surface area contributed by atoms with Gasteiger partial charge < -0.3 is 14.6 Å². The topological polar surface area (TPSA) is 89.9 Å². The fourth-order valence-corrected chi connectivity index (χ4v) is 6.93. The van der Waals surface area contributed by atoms with Crippen molar-refractivity contribution in [2.45, 2.75) is 52.7 Å². The van der Waals surface area contributed by atoms with Crippen LogP contribution in [0, 0.1) is 40.4 Å². The molecule has 3 fully saturated rings. The van der Waals surface area contributed by atoms with Gasteiger partial charge in [0.2, 0.25) is 5.78 Å². The summed E-state index contributed by atoms with van der Waals surface area (Å²) in [5, 5.41) is 10.7. The maximum Gasteiger partial charge on any atom is 0.306 e. The van der Waals surface area contributed by atoms with Crippen molar-refractivity contribution < 1.29 is 29.0 Å². The molecule has 2 saturated carbocycles. The average Bonchev–Trinajstić information content (AvgIpc) is 2.61. The molecule has 1 aliphatic heterocycles. The third-order valence-corrected chi connectivity index (χ3v) is 8.30. The molecule has 0 bridgehead atoms. The molecule has 27 heavy (non-hydrogen) atoms. The van der Waals surface area contributed by atoms with Gasteiger partial charge in [-0.25, -0.2) is 0 Å². The average molecular weight is 376 g/mol. The van der Waals surface area contributed by atoms with Crippen molar-refractivity contribution in [2.24, 2.45) is 40.4 Å². The second kappa shape index (κ2) is 5.66. The third kappa shape index (κ3) is 2.08. The molecule has 0 aromatic heterocycles. The second-order valence-electron chi connectivity index (χ2n) is 9.34. The number of allylic oxidation sites excluding steroid dienone is 2. The molecular formula is C21H28O6. The standard InChI is InChI=1S/C21H28O6/c1-9-6-13(26-5)19(25)21(4)11(9)7-14-20(3)12(8-15(22)27-14)10(2)16(23)17(24)18(20)21/h6,9-12,14,16,18,23H,7-8H2,1-5H3/t9-,10-,11+,12+,14-,16+,18-,20-,21+/m1/s1. The number of hydrogen-bond donors (Lipinski definition) is 1. The van der Waals surface area contributed by atoms with Crippen molar-refractivity contribution in [2.75, 3.05) is 7.11 Å². The molecule has 0 aromatic rings. The first-order chi connectivity index (χ1) is 12.6. The number of ether oxygens (including phenoxy) is 2. The number of ketones is 2. The SMILES string of the molecule is COC1=C[C@@H](C)[C@@H]2C[C@H]3OC(=O)C[C@H]4[C@@H](C)[C@H](O)C(=O)[C@@H]([C@@]2(C)C1=O)[C@@]34C. The second-order valence-corrected chi connectivity index (χ2v) is 9.34. The van der Waals surface area contributed by atoms with E-state index in [4.69, 9.17) is 9.47 Å². The molecule has 6 heteroatoms. The van der Waals surface area contributed by atoms with Crippen LogP contribution in [0.25, 0.3) is 0 Å². The van der Waals surface area contributed by atoms with Crippen LogP contribution in [0.4, 0.5) is 0 Å². The van der Waals surface area contributed by atoms with Gasteiger partial charge in [-0.05, 0) is 36.2 Å². The molecule has 1 heterocycles. The minimum absolute atomic E-state index is 0.00410. The number of aliphatic hydroxyl groups is 1. The Hall–Kier alpha value is -1.69. The van der Waals surface area contributed by atoms with Crippen molar-refractivity contribution in [3.63, 3.8) is 0 Å². The molecule has 9 atom stereocenters. The van der Waals surface area contributed by atoms with E-state index in [1.165, 1.54) is 7.11 Å². The summed E-state index contributed by atoms with van der Waals surface area (Å²) in [5.41, 5.74) is -1.65. The van der Waals surface area contributed by atoms with Crippen LogP contribution in [0.1, 0.15) is 40.5 Å². The number of carbonyl (C=O) groups is 3. The summed E-state index contributed by atoms with van der Waals surface area (Å²) in [6, 6.07) is 0. The number of carbonyl (C=O) groups excluding carboxylic acids is 3. The lowest BCUT2D eigenvalue weighted by atomic mass is 9.38. The molecule has 6 nitrogen and oxygen atoms in total. The lowest BCUT2D eigenvalue weighted by Crippen LogP contribution is -2.72. The molecular weight excluding hydrogens is 348 g/mol. The van der Waals surface area contributed by atoms with Gasteiger partial charge in [0, 0.05) is 23.2 Å². The van der Waals surface area contributed by atoms with Gasteiger partial charge in [0.05, 0.1) is 7.11 Å². The molecule has 0 spiro atoms. The normalized spacial score (nSPS) is 51.7. The maximum atomic E-state index is 13.4. The Morgan fingerprint density at radius 2 is 1.85 bits per heavy atom. The van der Waals surface area contributed by atoms with E-state index in [-0.39, 0.29) is 53.4 Å². The smallest absolute Gasteiger partial charge is 0.306 e. The first-order valence-electron chi connectivity index (χ1n) is 9.80. The molecule has 0 amide bonds. The van der Waals surface area contributed by atoms with Gasteiger partial charge in [-0.3, -0.25) is 14.4 Å². The van der Waals surface area contributed by atoms with Gasteiger partial charge in [-0.1, -0.05) is 27.7 Å². The fourth-order valence-electron chi connectivity index (χ4n) is 6.93. The van der Waals surface area contributed by atoms with E-state index >= 15 is 0 Å². The number of rotatable bonds is 1. The monoisotopic (exact) mass is 376 g/mol. The molecule has 1 saturated heterocycles. The zero-order valence-electron chi connectivity index (χ0n) is 16.5. The first-order valence-corrected chi connectivity index (χ1v) is 9.80. The largest absolute Gasteiger partial charge is 0.493 e. The van der Waals surface area contributed by atoms with Crippen LogP contribution in [0.15, 0.2) is 11.8 Å². The number of esters is 1. The molecule has 0 radical (unpaired) electrons. The van der Waals surface area contributed by atoms with Gasteiger partial charge in [-0.15, -0.1) is 0 Å². The summed E-state index contributed by atoms with van der Waals surface area (Å²) in [5.74, 6) is -1.86. The van der Waals surface area contributed by atoms with Gasteiger partial charge in [0.15, 0.2) is 11.5 Å². The summed E-state index contributed by atoms with van der Waals surface area (Å²) in [4.78, 5) is 39.1. The van der Waals surface area contributed by atoms with Crippen LogP contribution >= 0.6 is 0 Å². The van der Waals surface area contributed by atoms with E-state index in [0.29, 0.717) is 6.42 Å². The van der Waals surface area contributed by atoms with E-state index < -0.39 is 29.0 Å². The highest BCUT2D eigenvalue weighted by Crippen LogP contribution is 2.67. The Morgan fingerprint density at radius 1 is 1.19 bits per heavy atom. The molecule has 1 N–H and O–H groups in total. The van der Waals surface area contributed by atoms with Crippen molar-refractivity contribution in [3.8, 4) is 0 Å². The summed E-state index contributed by atoms with van der Waals surface area (Å²) >= 11 is 0. The lowest BCUT2D eigenvalue weighted by Gasteiger charge is -2.65. The third-order valence-electron chi connectivity index (χ3n) is 8.30. The van der Waals surface area contributed by atoms with Crippen molar-refractivity contribution in [1.82, 2.24) is 0 Å². The number of methoxy groups -OCH3 is 1. The first kappa shape index (κ1) is 18.7. The summed E-state index contributed by atoms with van der Waals surface area (Å²) in [6.45, 7) is 7.66. The predicted octanol–water partition coefficient (Wildman–Crippen LogP) is 1.90. The molecule has 4 aliphatic rings. The van der Waals surface area contributed by atoms with Gasteiger partial charge >= 0.3 is 5.97 Å². The summed E-state index contributed by atoms with van der Waals surface area (Å²) < 4.78 is 11.1. The van der Waals surface area contributed by atoms with Crippen LogP contribution in [0.2, 0.25) is 0 Å². The quantitative estimate of drug-likeness (QED) is 0.703. The Balaban J connectivity index is 1.94. The molecule has 0 unspecified atom stereocenters. The van der Waals surface area contributed by atoms with Crippen LogP contribution in [0.3, 0.4) is 0 Å². The lowest BCUT2D eigenvalue weighted by molar-refractivity contribution is -0.239. The van der Waals surface area contributed by atoms with Gasteiger partial charge in [0.25, 0.3) is 0 Å². The van der Waals surface area contributed by atoms with Crippen LogP contribution in [0.5, 0.6) is 0 Å². The minimum Gasteiger partial charge on any atom is -0.493 e. The van der Waals surface area contributed by atoms with Crippen molar-refractivity contribution in [3.05, 3.63) is 11.8 Å². The zero-order valence-corrected chi connectivity index (χ0v) is 16.5. The van der Waals surface area contributed by atoms with E-state index in [1.54, 1.807) is 0 Å². The maximum absolute atomic E-state index is 13.4. The minimum atomic E-state index is -1.17. The predicted molar refractivity (Wildman–Crippen MR) is 95.2 cm³/mol. The van der Waals surface area contributed by atoms with Gasteiger partial charge in [-0.2, -0.15) is 0 Å². The molecule has 4 rings (SSSR count). The van der Waals surface area contributed by atoms with Crippen LogP contribution in [-0.4, -0.2) is 42.0 Å². The highest BCUT2D eigenvalue weighted by molar-refractivity contribution is 6.04. The van der Waals surface area contributed by atoms with Crippen LogP contribution < -0.4 is 0 Å². The fraction of sp³-hybridized carbons (Fsp3) is 0.762. The van der Waals surface area contributed by atoms with Gasteiger partial charge in [0.1, 0.15) is 12.2 Å². The zero-order chi connectivity index (χ0) is 19.9. The van der Waals surface area contributed by atoms with Crippen molar-refractivity contribution in [1.29, 1.82) is 0 Å². The Bertz CT molecular complexity index is 756.